The highest BCUT2D eigenvalue weighted by atomic mass is 32.1. The zero-order chi connectivity index (χ0) is 19.1. The van der Waals surface area contributed by atoms with Crippen LogP contribution in [0.1, 0.15) is 19.8 Å². The van der Waals surface area contributed by atoms with E-state index in [4.69, 9.17) is 4.98 Å². The first-order valence-corrected chi connectivity index (χ1v) is 10.2. The molecule has 7 heteroatoms. The first kappa shape index (κ1) is 16.9. The molecule has 3 heterocycles. The number of benzene rings is 2. The van der Waals surface area contributed by atoms with E-state index in [1.165, 1.54) is 15.9 Å². The van der Waals surface area contributed by atoms with Crippen LogP contribution in [0, 0.1) is 0 Å². The predicted octanol–water partition coefficient (Wildman–Crippen LogP) is 4.80. The van der Waals surface area contributed by atoms with Gasteiger partial charge in [-0.05, 0) is 24.6 Å². The molecule has 0 fully saturated rings. The minimum absolute atomic E-state index is 0.118. The topological polar surface area (TPSA) is 64.2 Å². The number of unbranched alkanes of at least 4 members (excludes halogenated alkanes) is 1. The smallest absolute Gasteiger partial charge is 0.293 e. The number of para-hydroxylation sites is 1. The van der Waals surface area contributed by atoms with Crippen molar-refractivity contribution in [2.75, 3.05) is 5.32 Å². The van der Waals surface area contributed by atoms with E-state index < -0.39 is 0 Å². The van der Waals surface area contributed by atoms with Crippen molar-refractivity contribution in [2.45, 2.75) is 26.3 Å². The number of fused-ring (bicyclic) bond motifs is 4. The molecule has 3 aromatic heterocycles. The second-order valence-electron chi connectivity index (χ2n) is 6.72. The second-order valence-corrected chi connectivity index (χ2v) is 7.78. The molecule has 0 aliphatic carbocycles. The van der Waals surface area contributed by atoms with Gasteiger partial charge in [0.2, 0.25) is 11.7 Å². The molecule has 0 bridgehead atoms. The Kier molecular flexibility index (Phi) is 4.09. The van der Waals surface area contributed by atoms with Gasteiger partial charge in [-0.25, -0.2) is 4.98 Å². The lowest BCUT2D eigenvalue weighted by Gasteiger charge is -2.08. The Morgan fingerprint density at radius 3 is 2.68 bits per heavy atom. The van der Waals surface area contributed by atoms with Gasteiger partial charge < -0.3 is 5.32 Å². The summed E-state index contributed by atoms with van der Waals surface area (Å²) in [7, 11) is 0. The summed E-state index contributed by atoms with van der Waals surface area (Å²) in [5, 5.41) is 8.93. The van der Waals surface area contributed by atoms with Crippen molar-refractivity contribution in [2.24, 2.45) is 0 Å². The summed E-state index contributed by atoms with van der Waals surface area (Å²) in [6.45, 7) is 2.89. The van der Waals surface area contributed by atoms with Gasteiger partial charge in [0.15, 0.2) is 0 Å². The molecular formula is C21H19N5OS. The number of aryl methyl sites for hydroxylation is 1. The third-order valence-corrected chi connectivity index (χ3v) is 5.96. The monoisotopic (exact) mass is 389 g/mol. The highest BCUT2D eigenvalue weighted by Crippen LogP contribution is 2.31. The first-order chi connectivity index (χ1) is 13.8. The molecule has 2 aromatic carbocycles. The van der Waals surface area contributed by atoms with E-state index >= 15 is 0 Å². The van der Waals surface area contributed by atoms with Gasteiger partial charge in [-0.2, -0.15) is 4.52 Å². The number of nitrogens with zero attached hydrogens (tertiary/aromatic N) is 4. The molecule has 5 aromatic rings. The maximum absolute atomic E-state index is 13.2. The van der Waals surface area contributed by atoms with E-state index in [9.17, 15) is 4.79 Å². The van der Waals surface area contributed by atoms with Crippen LogP contribution in [0.25, 0.3) is 26.1 Å². The van der Waals surface area contributed by atoms with Crippen LogP contribution in [-0.4, -0.2) is 19.2 Å². The summed E-state index contributed by atoms with van der Waals surface area (Å²) in [6.07, 6.45) is 2.02. The van der Waals surface area contributed by atoms with Gasteiger partial charge in [-0.1, -0.05) is 49.7 Å². The summed E-state index contributed by atoms with van der Waals surface area (Å²) in [4.78, 5) is 18.1. The van der Waals surface area contributed by atoms with Crippen LogP contribution in [0.2, 0.25) is 0 Å². The molecule has 0 unspecified atom stereocenters. The van der Waals surface area contributed by atoms with E-state index in [1.54, 1.807) is 0 Å². The largest absolute Gasteiger partial charge is 0.324 e. The summed E-state index contributed by atoms with van der Waals surface area (Å²) in [5.74, 6) is 1.21. The third-order valence-electron chi connectivity index (χ3n) is 4.81. The van der Waals surface area contributed by atoms with Crippen LogP contribution >= 0.6 is 11.3 Å². The number of thiophene rings is 1. The van der Waals surface area contributed by atoms with E-state index in [1.807, 2.05) is 59.2 Å². The number of aromatic nitrogens is 4. The number of hydrogen-bond donors (Lipinski definition) is 1. The van der Waals surface area contributed by atoms with Crippen molar-refractivity contribution < 1.29 is 0 Å². The molecule has 1 N–H and O–H groups in total. The van der Waals surface area contributed by atoms with E-state index in [0.29, 0.717) is 16.4 Å². The summed E-state index contributed by atoms with van der Waals surface area (Å²) in [6, 6.07) is 17.9. The van der Waals surface area contributed by atoms with Gasteiger partial charge in [-0.15, -0.1) is 16.4 Å². The van der Waals surface area contributed by atoms with Gasteiger partial charge >= 0.3 is 0 Å². The first-order valence-electron chi connectivity index (χ1n) is 9.39. The zero-order valence-corrected chi connectivity index (χ0v) is 16.2. The van der Waals surface area contributed by atoms with Gasteiger partial charge in [0.25, 0.3) is 5.56 Å². The Labute approximate surface area is 165 Å². The fourth-order valence-electron chi connectivity index (χ4n) is 3.40. The van der Waals surface area contributed by atoms with Gasteiger partial charge in [0.1, 0.15) is 4.70 Å². The Balaban J connectivity index is 1.77. The standard InChI is InChI=1S/C21H19N5OS/c1-2-3-13-25-20(22-14-9-5-4-6-10-14)24-26-19(27)18-17(23-21(25)26)15-11-7-8-12-16(15)28-18/h4-12H,2-3,13H2,1H3,(H,22,24). The van der Waals surface area contributed by atoms with Crippen LogP contribution in [0.5, 0.6) is 0 Å². The second kappa shape index (κ2) is 6.76. The Hall–Kier alpha value is -3.19. The van der Waals surface area contributed by atoms with E-state index in [-0.39, 0.29) is 5.56 Å². The molecule has 28 heavy (non-hydrogen) atoms. The molecule has 0 spiro atoms. The van der Waals surface area contributed by atoms with Crippen molar-refractivity contribution in [3.8, 4) is 0 Å². The predicted molar refractivity (Wildman–Crippen MR) is 115 cm³/mol. The highest BCUT2D eigenvalue weighted by Gasteiger charge is 2.18. The van der Waals surface area contributed by atoms with Crippen molar-refractivity contribution in [3.05, 3.63) is 65.0 Å². The van der Waals surface area contributed by atoms with Crippen LogP contribution in [0.3, 0.4) is 0 Å². The lowest BCUT2D eigenvalue weighted by atomic mass is 10.2. The number of rotatable bonds is 5. The molecule has 140 valence electrons. The fraction of sp³-hybridized carbons (Fsp3) is 0.190. The van der Waals surface area contributed by atoms with Crippen molar-refractivity contribution in [1.29, 1.82) is 0 Å². The Bertz CT molecular complexity index is 1350. The molecule has 6 nitrogen and oxygen atoms in total. The van der Waals surface area contributed by atoms with Crippen LogP contribution in [0.15, 0.2) is 59.4 Å². The molecule has 0 atom stereocenters. The lowest BCUT2D eigenvalue weighted by molar-refractivity contribution is 0.646. The Morgan fingerprint density at radius 2 is 1.86 bits per heavy atom. The molecule has 0 aliphatic heterocycles. The molecule has 0 radical (unpaired) electrons. The molecule has 0 amide bonds. The molecule has 0 saturated carbocycles. The van der Waals surface area contributed by atoms with Gasteiger partial charge in [0, 0.05) is 22.3 Å². The van der Waals surface area contributed by atoms with E-state index in [0.717, 1.165) is 40.7 Å². The Morgan fingerprint density at radius 1 is 1.07 bits per heavy atom. The quantitative estimate of drug-likeness (QED) is 0.469. The fourth-order valence-corrected chi connectivity index (χ4v) is 4.46. The maximum Gasteiger partial charge on any atom is 0.293 e. The van der Waals surface area contributed by atoms with Crippen LogP contribution in [0.4, 0.5) is 11.6 Å². The maximum atomic E-state index is 13.2. The normalized spacial score (nSPS) is 11.6. The number of anilines is 2. The summed E-state index contributed by atoms with van der Waals surface area (Å²) < 4.78 is 5.14. The third kappa shape index (κ3) is 2.66. The molecular weight excluding hydrogens is 370 g/mol. The zero-order valence-electron chi connectivity index (χ0n) is 15.4. The number of nitrogens with one attached hydrogen (secondary N) is 1. The SMILES string of the molecule is CCCCn1c(Nc2ccccc2)nn2c(=O)c3sc4ccccc4c3nc12. The van der Waals surface area contributed by atoms with Gasteiger partial charge in [-0.3, -0.25) is 9.36 Å². The van der Waals surface area contributed by atoms with Crippen molar-refractivity contribution in [1.82, 2.24) is 19.2 Å². The molecule has 5 rings (SSSR count). The van der Waals surface area contributed by atoms with Crippen molar-refractivity contribution in [3.63, 3.8) is 0 Å². The minimum atomic E-state index is -0.118. The highest BCUT2D eigenvalue weighted by molar-refractivity contribution is 7.25. The van der Waals surface area contributed by atoms with Gasteiger partial charge in [0.05, 0.1) is 5.52 Å². The molecule has 0 aliphatic rings. The summed E-state index contributed by atoms with van der Waals surface area (Å²) >= 11 is 1.47. The minimum Gasteiger partial charge on any atom is -0.324 e. The lowest BCUT2D eigenvalue weighted by Crippen LogP contribution is -2.15. The molecule has 0 saturated heterocycles. The van der Waals surface area contributed by atoms with Crippen LogP contribution in [-0.2, 0) is 6.54 Å². The van der Waals surface area contributed by atoms with Crippen LogP contribution < -0.4 is 10.9 Å². The summed E-state index contributed by atoms with van der Waals surface area (Å²) in [5.41, 5.74) is 1.57. The average Bonchev–Trinajstić information content (AvgIpc) is 3.26. The number of hydrogen-bond acceptors (Lipinski definition) is 5. The van der Waals surface area contributed by atoms with Crippen molar-refractivity contribution >= 4 is 49.1 Å². The van der Waals surface area contributed by atoms with E-state index in [2.05, 4.69) is 17.3 Å². The average molecular weight is 389 g/mol.